The van der Waals surface area contributed by atoms with Crippen molar-refractivity contribution in [3.8, 4) is 0 Å². The molecule has 0 rings (SSSR count). The van der Waals surface area contributed by atoms with Crippen LogP contribution in [0.5, 0.6) is 0 Å². The van der Waals surface area contributed by atoms with Gasteiger partial charge >= 0.3 is 5.97 Å². The molecule has 4 unspecified atom stereocenters. The Labute approximate surface area is 198 Å². The summed E-state index contributed by atoms with van der Waals surface area (Å²) in [6.45, 7) is 6.98. The number of carboxylic acids is 1. The normalized spacial score (nSPS) is 14.6. The molecular weight excluding hydrogens is 448 g/mol. The monoisotopic (exact) mass is 486 g/mol. The third kappa shape index (κ3) is 12.1. The Hall–Kier alpha value is -3.22. The lowest BCUT2D eigenvalue weighted by molar-refractivity contribution is -0.143. The van der Waals surface area contributed by atoms with Crippen LogP contribution in [0.15, 0.2) is 0 Å². The van der Waals surface area contributed by atoms with Gasteiger partial charge in [-0.1, -0.05) is 27.7 Å². The van der Waals surface area contributed by atoms with Crippen LogP contribution in [0.4, 0.5) is 0 Å². The third-order valence-corrected chi connectivity index (χ3v) is 4.97. The number of rotatable bonds is 16. The molecule has 0 saturated heterocycles. The first-order valence-corrected chi connectivity index (χ1v) is 11.1. The van der Waals surface area contributed by atoms with Gasteiger partial charge in [0.15, 0.2) is 0 Å². The second kappa shape index (κ2) is 14.8. The number of carbonyl (C=O) groups excluding carboxylic acids is 5. The number of carboxylic acid groups (broad SMARTS) is 1. The first kappa shape index (κ1) is 30.8. The molecule has 13 heteroatoms. The highest BCUT2D eigenvalue weighted by Crippen LogP contribution is 2.08. The summed E-state index contributed by atoms with van der Waals surface area (Å²) in [5.74, 6) is -5.27. The third-order valence-electron chi connectivity index (χ3n) is 4.97. The Kier molecular flexibility index (Phi) is 13.4. The summed E-state index contributed by atoms with van der Waals surface area (Å²) >= 11 is 0. The van der Waals surface area contributed by atoms with E-state index in [0.717, 1.165) is 0 Å². The zero-order valence-corrected chi connectivity index (χ0v) is 20.1. The molecule has 0 fully saturated rings. The Morgan fingerprint density at radius 2 is 1.09 bits per heavy atom. The van der Waals surface area contributed by atoms with Gasteiger partial charge in [0.2, 0.25) is 29.5 Å². The summed E-state index contributed by atoms with van der Waals surface area (Å²) in [6.07, 6.45) is -0.725. The van der Waals surface area contributed by atoms with Gasteiger partial charge in [-0.3, -0.25) is 24.0 Å². The molecule has 0 bridgehead atoms. The van der Waals surface area contributed by atoms with Gasteiger partial charge in [0, 0.05) is 12.8 Å². The largest absolute Gasteiger partial charge is 0.480 e. The van der Waals surface area contributed by atoms with Crippen molar-refractivity contribution in [3.05, 3.63) is 0 Å². The summed E-state index contributed by atoms with van der Waals surface area (Å²) in [4.78, 5) is 72.0. The second-order valence-electron chi connectivity index (χ2n) is 8.93. The van der Waals surface area contributed by atoms with Crippen molar-refractivity contribution in [2.24, 2.45) is 29.0 Å². The molecule has 0 aliphatic heterocycles. The zero-order valence-electron chi connectivity index (χ0n) is 20.1. The van der Waals surface area contributed by atoms with Crippen LogP contribution in [-0.4, -0.2) is 64.8 Å². The summed E-state index contributed by atoms with van der Waals surface area (Å²) < 4.78 is 0. The minimum absolute atomic E-state index is 0.0429. The molecule has 4 atom stereocenters. The summed E-state index contributed by atoms with van der Waals surface area (Å²) in [5, 5.41) is 16.6. The van der Waals surface area contributed by atoms with Gasteiger partial charge in [-0.25, -0.2) is 4.79 Å². The van der Waals surface area contributed by atoms with Crippen molar-refractivity contribution in [2.45, 2.75) is 84.0 Å². The maximum atomic E-state index is 12.9. The van der Waals surface area contributed by atoms with E-state index in [9.17, 15) is 33.9 Å². The second-order valence-corrected chi connectivity index (χ2v) is 8.93. The van der Waals surface area contributed by atoms with E-state index < -0.39 is 59.7 Å². The van der Waals surface area contributed by atoms with Gasteiger partial charge < -0.3 is 38.3 Å². The van der Waals surface area contributed by atoms with Crippen LogP contribution in [-0.2, 0) is 28.8 Å². The van der Waals surface area contributed by atoms with Crippen LogP contribution < -0.4 is 33.2 Å². The molecule has 0 heterocycles. The van der Waals surface area contributed by atoms with E-state index in [-0.39, 0.29) is 43.9 Å². The van der Waals surface area contributed by atoms with Crippen molar-refractivity contribution >= 4 is 35.5 Å². The molecule has 0 aromatic heterocycles. The molecule has 34 heavy (non-hydrogen) atoms. The summed E-state index contributed by atoms with van der Waals surface area (Å²) in [7, 11) is 0. The minimum atomic E-state index is -1.32. The number of hydrogen-bond acceptors (Lipinski definition) is 7. The highest BCUT2D eigenvalue weighted by Gasteiger charge is 2.31. The number of primary amides is 2. The highest BCUT2D eigenvalue weighted by atomic mass is 16.4. The average molecular weight is 487 g/mol. The number of carbonyl (C=O) groups is 6. The van der Waals surface area contributed by atoms with E-state index in [4.69, 9.17) is 17.2 Å². The van der Waals surface area contributed by atoms with Crippen molar-refractivity contribution < 1.29 is 33.9 Å². The first-order chi connectivity index (χ1) is 15.6. The van der Waals surface area contributed by atoms with E-state index >= 15 is 0 Å². The van der Waals surface area contributed by atoms with Crippen LogP contribution in [0, 0.1) is 11.8 Å². The maximum absolute atomic E-state index is 12.9. The van der Waals surface area contributed by atoms with Crippen LogP contribution in [0.2, 0.25) is 0 Å². The van der Waals surface area contributed by atoms with Crippen molar-refractivity contribution in [2.75, 3.05) is 0 Å². The van der Waals surface area contributed by atoms with Crippen molar-refractivity contribution in [1.29, 1.82) is 0 Å². The fourth-order valence-corrected chi connectivity index (χ4v) is 2.92. The Balaban J connectivity index is 5.64. The molecule has 0 aliphatic carbocycles. The van der Waals surface area contributed by atoms with E-state index in [0.29, 0.717) is 0 Å². The van der Waals surface area contributed by atoms with Crippen LogP contribution in [0.25, 0.3) is 0 Å². The van der Waals surface area contributed by atoms with E-state index in [2.05, 4.69) is 16.0 Å². The number of nitrogens with one attached hydrogen (secondary N) is 3. The fourth-order valence-electron chi connectivity index (χ4n) is 2.92. The van der Waals surface area contributed by atoms with Crippen molar-refractivity contribution in [1.82, 2.24) is 16.0 Å². The van der Waals surface area contributed by atoms with E-state index in [1.54, 1.807) is 27.7 Å². The summed E-state index contributed by atoms with van der Waals surface area (Å²) in [6, 6.07) is -4.71. The van der Waals surface area contributed by atoms with Gasteiger partial charge in [0.25, 0.3) is 0 Å². The molecule has 13 nitrogen and oxygen atoms in total. The molecule has 194 valence electrons. The lowest BCUT2D eigenvalue weighted by Crippen LogP contribution is -2.57. The smallest absolute Gasteiger partial charge is 0.326 e. The lowest BCUT2D eigenvalue weighted by Gasteiger charge is -2.26. The quantitative estimate of drug-likeness (QED) is 0.129. The average Bonchev–Trinajstić information content (AvgIpc) is 2.71. The SMILES string of the molecule is CC(C)CC(NC(=O)C(CCC(N)=O)NC(=O)C(CCC(N)=O)NC(=O)C(N)C(C)C)C(=O)O. The molecule has 5 amide bonds. The lowest BCUT2D eigenvalue weighted by atomic mass is 10.0. The minimum Gasteiger partial charge on any atom is -0.480 e. The van der Waals surface area contributed by atoms with Gasteiger partial charge in [0.1, 0.15) is 18.1 Å². The van der Waals surface area contributed by atoms with E-state index in [1.165, 1.54) is 0 Å². The molecule has 0 radical (unpaired) electrons. The van der Waals surface area contributed by atoms with Crippen LogP contribution in [0.3, 0.4) is 0 Å². The molecule has 0 saturated carbocycles. The molecule has 0 aromatic rings. The van der Waals surface area contributed by atoms with Crippen molar-refractivity contribution in [3.63, 3.8) is 0 Å². The van der Waals surface area contributed by atoms with Gasteiger partial charge in [-0.05, 0) is 31.1 Å². The maximum Gasteiger partial charge on any atom is 0.326 e. The Bertz CT molecular complexity index is 756. The molecule has 0 spiro atoms. The Morgan fingerprint density at radius 3 is 1.41 bits per heavy atom. The predicted molar refractivity (Wildman–Crippen MR) is 123 cm³/mol. The zero-order chi connectivity index (χ0) is 26.6. The number of nitrogens with two attached hydrogens (primary N) is 3. The number of hydrogen-bond donors (Lipinski definition) is 7. The topological polar surface area (TPSA) is 237 Å². The Morgan fingerprint density at radius 1 is 0.706 bits per heavy atom. The fraction of sp³-hybridized carbons (Fsp3) is 0.714. The van der Waals surface area contributed by atoms with Crippen LogP contribution in [0.1, 0.15) is 59.8 Å². The van der Waals surface area contributed by atoms with Gasteiger partial charge in [-0.15, -0.1) is 0 Å². The van der Waals surface area contributed by atoms with E-state index in [1.807, 2.05) is 0 Å². The number of aliphatic carboxylic acids is 1. The summed E-state index contributed by atoms with van der Waals surface area (Å²) in [5.41, 5.74) is 16.1. The number of amides is 5. The molecule has 0 aliphatic rings. The highest BCUT2D eigenvalue weighted by molar-refractivity contribution is 5.94. The van der Waals surface area contributed by atoms with Gasteiger partial charge in [0.05, 0.1) is 6.04 Å². The first-order valence-electron chi connectivity index (χ1n) is 11.1. The molecule has 10 N–H and O–H groups in total. The standard InChI is InChI=1S/C21H38N6O7/c1-10(2)9-14(21(33)34)27-19(31)12(5-7-15(22)28)25-18(30)13(6-8-16(23)29)26-20(32)17(24)11(3)4/h10-14,17H,5-9,24H2,1-4H3,(H2,22,28)(H2,23,29)(H,25,30)(H,26,32)(H,27,31)(H,33,34). The molecular formula is C21H38N6O7. The van der Waals surface area contributed by atoms with Gasteiger partial charge in [-0.2, -0.15) is 0 Å². The molecule has 0 aromatic carbocycles. The van der Waals surface area contributed by atoms with Crippen LogP contribution >= 0.6 is 0 Å². The predicted octanol–water partition coefficient (Wildman–Crippen LogP) is -1.91.